The highest BCUT2D eigenvalue weighted by atomic mass is 15.2. The van der Waals surface area contributed by atoms with E-state index in [9.17, 15) is 0 Å². The highest BCUT2D eigenvalue weighted by Gasteiger charge is 2.33. The van der Waals surface area contributed by atoms with Crippen LogP contribution in [-0.2, 0) is 0 Å². The van der Waals surface area contributed by atoms with E-state index in [1.807, 2.05) is 0 Å². The minimum Gasteiger partial charge on any atom is -0.314 e. The number of nitrogens with zero attached hydrogens (tertiary/aromatic N) is 1. The maximum Gasteiger partial charge on any atom is 0.00476 e. The molecule has 2 nitrogen and oxygen atoms in total. The van der Waals surface area contributed by atoms with Crippen LogP contribution in [0.4, 0.5) is 0 Å². The molecule has 1 aliphatic heterocycles. The van der Waals surface area contributed by atoms with Crippen molar-refractivity contribution in [2.45, 2.75) is 60.4 Å². The molecule has 0 amide bonds. The molecule has 1 atom stereocenters. The molecule has 1 unspecified atom stereocenters. The second kappa shape index (κ2) is 5.71. The van der Waals surface area contributed by atoms with Gasteiger partial charge >= 0.3 is 0 Å². The van der Waals surface area contributed by atoms with Crippen molar-refractivity contribution in [3.05, 3.63) is 0 Å². The Balaban J connectivity index is 2.45. The van der Waals surface area contributed by atoms with Gasteiger partial charge in [-0.1, -0.05) is 41.5 Å². The van der Waals surface area contributed by atoms with Gasteiger partial charge in [-0.15, -0.1) is 0 Å². The normalized spacial score (nSPS) is 24.2. The van der Waals surface area contributed by atoms with Crippen molar-refractivity contribution >= 4 is 0 Å². The molecule has 1 saturated heterocycles. The van der Waals surface area contributed by atoms with Crippen LogP contribution in [0.3, 0.4) is 0 Å². The van der Waals surface area contributed by atoms with E-state index in [1.165, 1.54) is 32.5 Å². The van der Waals surface area contributed by atoms with E-state index in [2.05, 4.69) is 51.8 Å². The van der Waals surface area contributed by atoms with Gasteiger partial charge in [-0.2, -0.15) is 0 Å². The Morgan fingerprint density at radius 1 is 1.35 bits per heavy atom. The van der Waals surface area contributed by atoms with E-state index in [-0.39, 0.29) is 0 Å². The van der Waals surface area contributed by atoms with Gasteiger partial charge in [-0.25, -0.2) is 0 Å². The highest BCUT2D eigenvalue weighted by molar-refractivity contribution is 4.87. The van der Waals surface area contributed by atoms with Gasteiger partial charge < -0.3 is 10.2 Å². The summed E-state index contributed by atoms with van der Waals surface area (Å²) in [4.78, 5) is 2.66. The van der Waals surface area contributed by atoms with Crippen LogP contribution < -0.4 is 5.32 Å². The topological polar surface area (TPSA) is 15.3 Å². The number of hydrogen-bond donors (Lipinski definition) is 1. The smallest absolute Gasteiger partial charge is 0.00476 e. The van der Waals surface area contributed by atoms with Crippen molar-refractivity contribution < 1.29 is 0 Å². The van der Waals surface area contributed by atoms with Crippen LogP contribution in [0.15, 0.2) is 0 Å². The fourth-order valence-electron chi connectivity index (χ4n) is 2.64. The average molecular weight is 240 g/mol. The summed E-state index contributed by atoms with van der Waals surface area (Å²) in [5, 5.41) is 3.61. The lowest BCUT2D eigenvalue weighted by atomic mass is 9.86. The summed E-state index contributed by atoms with van der Waals surface area (Å²) in [6.45, 7) is 18.9. The molecule has 0 aromatic rings. The first-order valence-corrected chi connectivity index (χ1v) is 7.22. The molecule has 0 aliphatic carbocycles. The van der Waals surface area contributed by atoms with Crippen molar-refractivity contribution in [1.29, 1.82) is 0 Å². The summed E-state index contributed by atoms with van der Waals surface area (Å²) in [7, 11) is 0. The van der Waals surface area contributed by atoms with E-state index in [4.69, 9.17) is 0 Å². The molecule has 17 heavy (non-hydrogen) atoms. The fraction of sp³-hybridized carbons (Fsp3) is 1.00. The first-order valence-electron chi connectivity index (χ1n) is 7.22. The molecule has 1 rings (SSSR count). The van der Waals surface area contributed by atoms with Crippen molar-refractivity contribution in [1.82, 2.24) is 10.2 Å². The zero-order chi connectivity index (χ0) is 13.1. The van der Waals surface area contributed by atoms with Gasteiger partial charge in [0.25, 0.3) is 0 Å². The summed E-state index contributed by atoms with van der Waals surface area (Å²) < 4.78 is 0. The van der Waals surface area contributed by atoms with E-state index in [1.54, 1.807) is 0 Å². The molecule has 1 heterocycles. The molecule has 0 saturated carbocycles. The van der Waals surface area contributed by atoms with Crippen LogP contribution in [-0.4, -0.2) is 37.1 Å². The molecular formula is C15H32N2. The number of hydrogen-bond acceptors (Lipinski definition) is 2. The standard InChI is InChI=1S/C15H32N2/c1-7-15(6,10-16-13(2)3)12-17-9-8-14(4,5)11-17/h13,16H,7-12H2,1-6H3. The van der Waals surface area contributed by atoms with E-state index >= 15 is 0 Å². The fourth-order valence-corrected chi connectivity index (χ4v) is 2.64. The monoisotopic (exact) mass is 240 g/mol. The summed E-state index contributed by atoms with van der Waals surface area (Å²) in [5.41, 5.74) is 0.949. The number of nitrogens with one attached hydrogen (secondary N) is 1. The summed E-state index contributed by atoms with van der Waals surface area (Å²) >= 11 is 0. The minimum atomic E-state index is 0.421. The van der Waals surface area contributed by atoms with Gasteiger partial charge in [0.2, 0.25) is 0 Å². The number of rotatable bonds is 6. The Hall–Kier alpha value is -0.0800. The molecule has 2 heteroatoms. The predicted octanol–water partition coefficient (Wildman–Crippen LogP) is 3.13. The van der Waals surface area contributed by atoms with Gasteiger partial charge in [-0.05, 0) is 30.2 Å². The van der Waals surface area contributed by atoms with Gasteiger partial charge in [0.05, 0.1) is 0 Å². The van der Waals surface area contributed by atoms with Crippen LogP contribution >= 0.6 is 0 Å². The molecule has 0 aromatic heterocycles. The minimum absolute atomic E-state index is 0.421. The molecule has 0 spiro atoms. The molecule has 1 fully saturated rings. The van der Waals surface area contributed by atoms with Gasteiger partial charge in [0.15, 0.2) is 0 Å². The van der Waals surface area contributed by atoms with Crippen LogP contribution in [0.5, 0.6) is 0 Å². The molecule has 0 radical (unpaired) electrons. The first-order chi connectivity index (χ1) is 7.76. The lowest BCUT2D eigenvalue weighted by Gasteiger charge is -2.34. The van der Waals surface area contributed by atoms with Crippen LogP contribution in [0.2, 0.25) is 0 Å². The van der Waals surface area contributed by atoms with Crippen LogP contribution in [0.25, 0.3) is 0 Å². The largest absolute Gasteiger partial charge is 0.314 e. The lowest BCUT2D eigenvalue weighted by molar-refractivity contribution is 0.165. The van der Waals surface area contributed by atoms with Gasteiger partial charge in [0, 0.05) is 25.7 Å². The zero-order valence-corrected chi connectivity index (χ0v) is 12.8. The molecule has 1 aliphatic rings. The predicted molar refractivity (Wildman–Crippen MR) is 76.4 cm³/mol. The Labute approximate surface area is 108 Å². The maximum absolute atomic E-state index is 3.61. The molecular weight excluding hydrogens is 208 g/mol. The van der Waals surface area contributed by atoms with E-state index < -0.39 is 0 Å². The van der Waals surface area contributed by atoms with E-state index in [0.717, 1.165) is 6.54 Å². The SMILES string of the molecule is CCC(C)(CNC(C)C)CN1CCC(C)(C)C1. The van der Waals surface area contributed by atoms with Crippen LogP contribution in [0.1, 0.15) is 54.4 Å². The van der Waals surface area contributed by atoms with Crippen molar-refractivity contribution in [3.63, 3.8) is 0 Å². The maximum atomic E-state index is 3.61. The second-order valence-electron chi connectivity index (χ2n) is 7.32. The average Bonchev–Trinajstić information content (AvgIpc) is 2.55. The molecule has 0 aromatic carbocycles. The first kappa shape index (κ1) is 15.0. The lowest BCUT2D eigenvalue weighted by Crippen LogP contribution is -2.43. The summed E-state index contributed by atoms with van der Waals surface area (Å²) in [6.07, 6.45) is 2.61. The van der Waals surface area contributed by atoms with Crippen molar-refractivity contribution in [3.8, 4) is 0 Å². The Kier molecular flexibility index (Phi) is 5.03. The van der Waals surface area contributed by atoms with Crippen molar-refractivity contribution in [2.75, 3.05) is 26.2 Å². The third-order valence-electron chi connectivity index (χ3n) is 4.15. The summed E-state index contributed by atoms with van der Waals surface area (Å²) in [5.74, 6) is 0. The van der Waals surface area contributed by atoms with Gasteiger partial charge in [0.1, 0.15) is 0 Å². The van der Waals surface area contributed by atoms with Gasteiger partial charge in [-0.3, -0.25) is 0 Å². The Morgan fingerprint density at radius 2 is 2.00 bits per heavy atom. The molecule has 102 valence electrons. The van der Waals surface area contributed by atoms with Crippen LogP contribution in [0, 0.1) is 10.8 Å². The van der Waals surface area contributed by atoms with Crippen molar-refractivity contribution in [2.24, 2.45) is 10.8 Å². The quantitative estimate of drug-likeness (QED) is 0.767. The summed E-state index contributed by atoms with van der Waals surface area (Å²) in [6, 6.07) is 0.593. The third-order valence-corrected chi connectivity index (χ3v) is 4.15. The zero-order valence-electron chi connectivity index (χ0n) is 12.8. The third kappa shape index (κ3) is 4.97. The molecule has 1 N–H and O–H groups in total. The highest BCUT2D eigenvalue weighted by Crippen LogP contribution is 2.32. The molecule has 0 bridgehead atoms. The number of likely N-dealkylation sites (tertiary alicyclic amines) is 1. The second-order valence-corrected chi connectivity index (χ2v) is 7.32. The van der Waals surface area contributed by atoms with E-state index in [0.29, 0.717) is 16.9 Å². The Bertz CT molecular complexity index is 235. The Morgan fingerprint density at radius 3 is 2.41 bits per heavy atom.